The third-order valence-corrected chi connectivity index (χ3v) is 5.39. The Balaban J connectivity index is 1.63. The number of hydrogen-bond acceptors (Lipinski definition) is 4. The molecule has 0 radical (unpaired) electrons. The van der Waals surface area contributed by atoms with Gasteiger partial charge in [-0.15, -0.1) is 0 Å². The minimum atomic E-state index is -1.52. The van der Waals surface area contributed by atoms with Gasteiger partial charge in [0, 0.05) is 24.2 Å². The van der Waals surface area contributed by atoms with Crippen molar-refractivity contribution < 1.29 is 9.90 Å². The van der Waals surface area contributed by atoms with Crippen molar-refractivity contribution in [1.82, 2.24) is 0 Å². The number of fused-ring (bicyclic) bond motifs is 3. The zero-order valence-electron chi connectivity index (χ0n) is 14.0. The summed E-state index contributed by atoms with van der Waals surface area (Å²) in [6, 6.07) is 11.9. The molecule has 1 saturated heterocycles. The lowest BCUT2D eigenvalue weighted by Crippen LogP contribution is -2.48. The molecule has 0 amide bonds. The Labute approximate surface area is 146 Å². The maximum atomic E-state index is 13.0. The molecule has 124 valence electrons. The smallest absolute Gasteiger partial charge is 0.204 e. The van der Waals surface area contributed by atoms with Crippen LogP contribution in [0.5, 0.6) is 0 Å². The summed E-state index contributed by atoms with van der Waals surface area (Å²) in [4.78, 5) is 19.6. The van der Waals surface area contributed by atoms with E-state index in [2.05, 4.69) is 29.3 Å². The van der Waals surface area contributed by atoms with E-state index in [9.17, 15) is 9.90 Å². The van der Waals surface area contributed by atoms with Gasteiger partial charge in [-0.3, -0.25) is 4.79 Å². The molecule has 3 aliphatic rings. The number of ketones is 1. The van der Waals surface area contributed by atoms with Gasteiger partial charge in [0.1, 0.15) is 5.84 Å². The maximum absolute atomic E-state index is 13.0. The van der Waals surface area contributed by atoms with Crippen molar-refractivity contribution >= 4 is 29.1 Å². The van der Waals surface area contributed by atoms with E-state index in [4.69, 9.17) is 0 Å². The fourth-order valence-electron chi connectivity index (χ4n) is 4.01. The van der Waals surface area contributed by atoms with Gasteiger partial charge in [-0.1, -0.05) is 29.8 Å². The van der Waals surface area contributed by atoms with Gasteiger partial charge in [-0.05, 0) is 48.7 Å². The van der Waals surface area contributed by atoms with Crippen LogP contribution in [0.3, 0.4) is 0 Å². The summed E-state index contributed by atoms with van der Waals surface area (Å²) >= 11 is 0. The van der Waals surface area contributed by atoms with Gasteiger partial charge in [0.2, 0.25) is 5.78 Å². The number of Topliss-reactive ketones (excluding diaryl/α,β-unsaturated/α-hetero) is 1. The van der Waals surface area contributed by atoms with Crippen LogP contribution in [-0.4, -0.2) is 28.9 Å². The van der Waals surface area contributed by atoms with Crippen LogP contribution in [0.25, 0.3) is 6.08 Å². The summed E-state index contributed by atoms with van der Waals surface area (Å²) in [7, 11) is 0. The molecule has 0 aromatic heterocycles. The van der Waals surface area contributed by atoms with Crippen LogP contribution >= 0.6 is 0 Å². The number of hydrogen-bond donors (Lipinski definition) is 1. The number of aryl methyl sites for hydroxylation is 1. The van der Waals surface area contributed by atoms with E-state index in [1.54, 1.807) is 0 Å². The molecular formula is C21H18N2O2. The summed E-state index contributed by atoms with van der Waals surface area (Å²) < 4.78 is 0. The fourth-order valence-corrected chi connectivity index (χ4v) is 4.01. The molecule has 4 heteroatoms. The second-order valence-electron chi connectivity index (χ2n) is 7.04. The Kier molecular flexibility index (Phi) is 2.86. The lowest BCUT2D eigenvalue weighted by atomic mass is 9.87. The van der Waals surface area contributed by atoms with E-state index in [1.165, 1.54) is 11.1 Å². The molecule has 2 aromatic carbocycles. The highest BCUT2D eigenvalue weighted by atomic mass is 16.3. The zero-order valence-corrected chi connectivity index (χ0v) is 14.0. The summed E-state index contributed by atoms with van der Waals surface area (Å²) in [5, 5.41) is 11.1. The molecule has 0 unspecified atom stereocenters. The number of rotatable bonds is 1. The first-order chi connectivity index (χ1) is 12.1. The van der Waals surface area contributed by atoms with Crippen LogP contribution in [0.15, 0.2) is 47.5 Å². The Bertz CT molecular complexity index is 989. The van der Waals surface area contributed by atoms with Gasteiger partial charge in [-0.25, -0.2) is 4.99 Å². The van der Waals surface area contributed by atoms with Gasteiger partial charge in [-0.2, -0.15) is 0 Å². The molecule has 2 aromatic rings. The van der Waals surface area contributed by atoms with Gasteiger partial charge in [0.15, 0.2) is 5.60 Å². The highest BCUT2D eigenvalue weighted by Crippen LogP contribution is 2.40. The monoisotopic (exact) mass is 330 g/mol. The van der Waals surface area contributed by atoms with Crippen LogP contribution in [0, 0.1) is 6.92 Å². The lowest BCUT2D eigenvalue weighted by molar-refractivity contribution is 0.0602. The number of carbonyl (C=O) groups is 1. The first kappa shape index (κ1) is 14.6. The molecule has 1 atom stereocenters. The first-order valence-electron chi connectivity index (χ1n) is 8.60. The minimum absolute atomic E-state index is 0.235. The molecule has 25 heavy (non-hydrogen) atoms. The molecule has 5 rings (SSSR count). The van der Waals surface area contributed by atoms with Crippen molar-refractivity contribution in [3.05, 3.63) is 64.7 Å². The van der Waals surface area contributed by atoms with Crippen molar-refractivity contribution in [1.29, 1.82) is 0 Å². The molecule has 2 aliphatic heterocycles. The summed E-state index contributed by atoms with van der Waals surface area (Å²) in [6.45, 7) is 2.52. The number of benzene rings is 2. The summed E-state index contributed by atoms with van der Waals surface area (Å²) in [5.74, 6) is 0.223. The molecule has 0 bridgehead atoms. The molecule has 2 heterocycles. The lowest BCUT2D eigenvalue weighted by Gasteiger charge is -2.30. The largest absolute Gasteiger partial charge is 0.374 e. The SMILES string of the molecule is Cc1ccc2c(c1)C(=O)[C@]1(O)CCN(c3ccc4c(c3)CC=C4)C1=N2. The van der Waals surface area contributed by atoms with E-state index in [1.807, 2.05) is 36.1 Å². The van der Waals surface area contributed by atoms with Crippen LogP contribution in [0.4, 0.5) is 11.4 Å². The summed E-state index contributed by atoms with van der Waals surface area (Å²) in [5.41, 5.74) is 4.14. The van der Waals surface area contributed by atoms with Crippen molar-refractivity contribution in [2.24, 2.45) is 4.99 Å². The van der Waals surface area contributed by atoms with Gasteiger partial charge in [0.25, 0.3) is 0 Å². The molecule has 0 saturated carbocycles. The van der Waals surface area contributed by atoms with Crippen LogP contribution in [0.2, 0.25) is 0 Å². The van der Waals surface area contributed by atoms with Crippen LogP contribution in [0.1, 0.15) is 33.5 Å². The molecule has 1 N–H and O–H groups in total. The van der Waals surface area contributed by atoms with E-state index in [0.717, 1.165) is 17.7 Å². The molecule has 4 nitrogen and oxygen atoms in total. The quantitative estimate of drug-likeness (QED) is 0.871. The zero-order chi connectivity index (χ0) is 17.2. The van der Waals surface area contributed by atoms with Crippen LogP contribution in [-0.2, 0) is 6.42 Å². The third kappa shape index (κ3) is 1.98. The van der Waals surface area contributed by atoms with E-state index in [0.29, 0.717) is 30.1 Å². The van der Waals surface area contributed by atoms with Crippen molar-refractivity contribution in [3.63, 3.8) is 0 Å². The number of aliphatic imine (C=N–C) groups is 1. The molecular weight excluding hydrogens is 312 g/mol. The predicted octanol–water partition coefficient (Wildman–Crippen LogP) is 3.43. The molecule has 0 spiro atoms. The Morgan fingerprint density at radius 2 is 2.08 bits per heavy atom. The molecule has 1 aliphatic carbocycles. The summed E-state index contributed by atoms with van der Waals surface area (Å²) in [6.07, 6.45) is 5.57. The predicted molar refractivity (Wildman–Crippen MR) is 98.7 cm³/mol. The number of aliphatic hydroxyl groups is 1. The highest BCUT2D eigenvalue weighted by Gasteiger charge is 2.52. The number of anilines is 1. The highest BCUT2D eigenvalue weighted by molar-refractivity contribution is 6.28. The van der Waals surface area contributed by atoms with E-state index >= 15 is 0 Å². The third-order valence-electron chi connectivity index (χ3n) is 5.39. The second-order valence-corrected chi connectivity index (χ2v) is 7.04. The topological polar surface area (TPSA) is 52.9 Å². The standard InChI is InChI=1S/C21H18N2O2/c1-13-5-8-18-17(11-13)19(24)21(25)9-10-23(20(21)22-18)16-7-6-14-3-2-4-15(14)12-16/h2-3,5-8,11-12,25H,4,9-10H2,1H3/t21-/m1/s1. The van der Waals surface area contributed by atoms with Crippen molar-refractivity contribution in [2.75, 3.05) is 11.4 Å². The normalized spacial score (nSPS) is 23.4. The Morgan fingerprint density at radius 3 is 2.96 bits per heavy atom. The maximum Gasteiger partial charge on any atom is 0.204 e. The van der Waals surface area contributed by atoms with Gasteiger partial charge < -0.3 is 10.0 Å². The second kappa shape index (κ2) is 4.90. The van der Waals surface area contributed by atoms with E-state index in [-0.39, 0.29) is 5.78 Å². The minimum Gasteiger partial charge on any atom is -0.374 e. The fraction of sp³-hybridized carbons (Fsp3) is 0.238. The number of allylic oxidation sites excluding steroid dienone is 1. The Hall–Kier alpha value is -2.72. The number of nitrogens with zero attached hydrogens (tertiary/aromatic N) is 2. The Morgan fingerprint density at radius 1 is 1.20 bits per heavy atom. The average Bonchev–Trinajstić information content (AvgIpc) is 3.20. The van der Waals surface area contributed by atoms with E-state index < -0.39 is 5.60 Å². The molecule has 1 fully saturated rings. The van der Waals surface area contributed by atoms with Crippen molar-refractivity contribution in [3.8, 4) is 0 Å². The van der Waals surface area contributed by atoms with Crippen LogP contribution < -0.4 is 4.90 Å². The first-order valence-corrected chi connectivity index (χ1v) is 8.60. The van der Waals surface area contributed by atoms with Gasteiger partial charge >= 0.3 is 0 Å². The van der Waals surface area contributed by atoms with Crippen molar-refractivity contribution in [2.45, 2.75) is 25.4 Å². The number of amidine groups is 1. The number of carbonyl (C=O) groups excluding carboxylic acids is 1. The average molecular weight is 330 g/mol. The van der Waals surface area contributed by atoms with Gasteiger partial charge in [0.05, 0.1) is 5.69 Å².